The highest BCUT2D eigenvalue weighted by molar-refractivity contribution is 7.21. The lowest BCUT2D eigenvalue weighted by Gasteiger charge is -2.42. The molecular weight excluding hydrogens is 368 g/mol. The number of carbonyl (C=O) groups excluding carboxylic acids is 1. The maximum absolute atomic E-state index is 11.7. The van der Waals surface area contributed by atoms with Gasteiger partial charge in [0.25, 0.3) is 0 Å². The van der Waals surface area contributed by atoms with E-state index in [1.165, 1.54) is 11.3 Å². The second-order valence-electron chi connectivity index (χ2n) is 8.11. The molecule has 1 aromatic carbocycles. The SMILES string of the molecule is CN[C@H](C)CNc1c(C=O)sc2ccc3nc(N4CC(C(C)C)C4)ccc3c12. The van der Waals surface area contributed by atoms with Crippen molar-refractivity contribution >= 4 is 50.1 Å². The summed E-state index contributed by atoms with van der Waals surface area (Å²) in [5.74, 6) is 2.53. The van der Waals surface area contributed by atoms with Gasteiger partial charge in [-0.25, -0.2) is 4.98 Å². The number of aromatic nitrogens is 1. The fourth-order valence-corrected chi connectivity index (χ4v) is 4.73. The van der Waals surface area contributed by atoms with Crippen LogP contribution in [0.1, 0.15) is 30.4 Å². The predicted octanol–water partition coefficient (Wildman–Crippen LogP) is 4.37. The Morgan fingerprint density at radius 3 is 2.71 bits per heavy atom. The molecule has 1 fully saturated rings. The Morgan fingerprint density at radius 1 is 1.25 bits per heavy atom. The molecule has 0 amide bonds. The minimum Gasteiger partial charge on any atom is -0.382 e. The van der Waals surface area contributed by atoms with Crippen LogP contribution in [0.25, 0.3) is 21.0 Å². The molecule has 148 valence electrons. The molecule has 0 unspecified atom stereocenters. The van der Waals surface area contributed by atoms with Gasteiger partial charge in [-0.05, 0) is 50.1 Å². The summed E-state index contributed by atoms with van der Waals surface area (Å²) in [5, 5.41) is 8.93. The summed E-state index contributed by atoms with van der Waals surface area (Å²) in [7, 11) is 1.94. The summed E-state index contributed by atoms with van der Waals surface area (Å²) >= 11 is 1.54. The third-order valence-corrected chi connectivity index (χ3v) is 6.98. The Kier molecular flexibility index (Phi) is 5.25. The van der Waals surface area contributed by atoms with Crippen molar-refractivity contribution < 1.29 is 4.79 Å². The first-order valence-corrected chi connectivity index (χ1v) is 10.8. The number of pyridine rings is 1. The van der Waals surface area contributed by atoms with E-state index in [2.05, 4.69) is 60.6 Å². The van der Waals surface area contributed by atoms with Gasteiger partial charge in [-0.15, -0.1) is 11.3 Å². The molecule has 1 saturated heterocycles. The fourth-order valence-electron chi connectivity index (χ4n) is 3.72. The fraction of sp³-hybridized carbons (Fsp3) is 0.455. The van der Waals surface area contributed by atoms with E-state index in [1.54, 1.807) is 0 Å². The Hall–Kier alpha value is -2.18. The van der Waals surface area contributed by atoms with E-state index in [4.69, 9.17) is 4.98 Å². The first kappa shape index (κ1) is 19.2. The van der Waals surface area contributed by atoms with Crippen molar-refractivity contribution in [3.63, 3.8) is 0 Å². The highest BCUT2D eigenvalue weighted by Crippen LogP contribution is 2.40. The van der Waals surface area contributed by atoms with Gasteiger partial charge in [0.15, 0.2) is 6.29 Å². The summed E-state index contributed by atoms with van der Waals surface area (Å²) in [6.07, 6.45) is 0.955. The van der Waals surface area contributed by atoms with Crippen LogP contribution in [-0.4, -0.2) is 44.0 Å². The topological polar surface area (TPSA) is 57.3 Å². The van der Waals surface area contributed by atoms with Crippen LogP contribution in [-0.2, 0) is 0 Å². The smallest absolute Gasteiger partial charge is 0.162 e. The summed E-state index contributed by atoms with van der Waals surface area (Å²) in [5.41, 5.74) is 1.92. The van der Waals surface area contributed by atoms with Crippen molar-refractivity contribution in [1.82, 2.24) is 10.3 Å². The molecule has 3 heterocycles. The lowest BCUT2D eigenvalue weighted by molar-refractivity contribution is 0.112. The van der Waals surface area contributed by atoms with E-state index in [9.17, 15) is 4.79 Å². The van der Waals surface area contributed by atoms with Crippen LogP contribution in [0, 0.1) is 11.8 Å². The number of nitrogens with one attached hydrogen (secondary N) is 2. The zero-order valence-corrected chi connectivity index (χ0v) is 17.8. The second-order valence-corrected chi connectivity index (χ2v) is 9.20. The van der Waals surface area contributed by atoms with E-state index in [1.807, 2.05) is 7.05 Å². The summed E-state index contributed by atoms with van der Waals surface area (Å²) in [4.78, 5) is 19.7. The van der Waals surface area contributed by atoms with Gasteiger partial charge in [-0.1, -0.05) is 13.8 Å². The third kappa shape index (κ3) is 3.35. The maximum atomic E-state index is 11.7. The highest BCUT2D eigenvalue weighted by atomic mass is 32.1. The van der Waals surface area contributed by atoms with Gasteiger partial charge in [0.2, 0.25) is 0 Å². The molecule has 6 heteroatoms. The molecule has 1 aliphatic rings. The van der Waals surface area contributed by atoms with Gasteiger partial charge in [0.05, 0.1) is 16.1 Å². The number of hydrogen-bond acceptors (Lipinski definition) is 6. The van der Waals surface area contributed by atoms with Crippen LogP contribution in [0.5, 0.6) is 0 Å². The number of aldehydes is 1. The number of thiophene rings is 1. The van der Waals surface area contributed by atoms with Crippen LogP contribution in [0.4, 0.5) is 11.5 Å². The molecular formula is C22H28N4OS. The van der Waals surface area contributed by atoms with Crippen molar-refractivity contribution in [2.45, 2.75) is 26.8 Å². The first-order chi connectivity index (χ1) is 13.5. The molecule has 4 rings (SSSR count). The quantitative estimate of drug-likeness (QED) is 0.581. The standard InChI is InChI=1S/C22H28N4OS/c1-13(2)15-10-26(11-15)20-8-5-16-17(25-20)6-7-18-21(16)22(19(12-27)28-18)24-9-14(3)23-4/h5-8,12-15,23-24H,9-11H2,1-4H3/t14-/m1/s1. The molecule has 0 saturated carbocycles. The number of nitrogens with zero attached hydrogens (tertiary/aromatic N) is 2. The van der Waals surface area contributed by atoms with Crippen molar-refractivity contribution in [3.05, 3.63) is 29.1 Å². The Morgan fingerprint density at radius 2 is 2.04 bits per heavy atom. The number of benzene rings is 1. The molecule has 1 atom stereocenters. The lowest BCUT2D eigenvalue weighted by Crippen LogP contribution is -2.49. The Balaban J connectivity index is 1.72. The minimum absolute atomic E-state index is 0.314. The molecule has 5 nitrogen and oxygen atoms in total. The largest absolute Gasteiger partial charge is 0.382 e. The van der Waals surface area contributed by atoms with Crippen molar-refractivity contribution in [3.8, 4) is 0 Å². The molecule has 0 bridgehead atoms. The normalized spacial score (nSPS) is 16.0. The predicted molar refractivity (Wildman–Crippen MR) is 120 cm³/mol. The van der Waals surface area contributed by atoms with Gasteiger partial charge in [-0.2, -0.15) is 0 Å². The molecule has 0 spiro atoms. The van der Waals surface area contributed by atoms with Crippen molar-refractivity contribution in [2.75, 3.05) is 36.9 Å². The van der Waals surface area contributed by atoms with Gasteiger partial charge in [0.1, 0.15) is 5.82 Å². The number of rotatable bonds is 7. The number of hydrogen-bond donors (Lipinski definition) is 2. The molecule has 3 aromatic rings. The van der Waals surface area contributed by atoms with Gasteiger partial charge < -0.3 is 15.5 Å². The molecule has 2 aromatic heterocycles. The monoisotopic (exact) mass is 396 g/mol. The summed E-state index contributed by atoms with van der Waals surface area (Å²) < 4.78 is 1.12. The average Bonchev–Trinajstić information content (AvgIpc) is 3.02. The van der Waals surface area contributed by atoms with Crippen LogP contribution in [0.3, 0.4) is 0 Å². The van der Waals surface area contributed by atoms with Crippen LogP contribution in [0.2, 0.25) is 0 Å². The molecule has 28 heavy (non-hydrogen) atoms. The van der Waals surface area contributed by atoms with Crippen molar-refractivity contribution in [2.24, 2.45) is 11.8 Å². The Labute approximate surface area is 170 Å². The van der Waals surface area contributed by atoms with E-state index in [0.717, 1.165) is 75.1 Å². The molecule has 2 N–H and O–H groups in total. The third-order valence-electron chi connectivity index (χ3n) is 5.90. The van der Waals surface area contributed by atoms with E-state index in [0.29, 0.717) is 6.04 Å². The molecule has 0 radical (unpaired) electrons. The van der Waals surface area contributed by atoms with Gasteiger partial charge >= 0.3 is 0 Å². The lowest BCUT2D eigenvalue weighted by atomic mass is 9.88. The summed E-state index contributed by atoms with van der Waals surface area (Å²) in [6, 6.07) is 8.76. The molecule has 0 aliphatic carbocycles. The first-order valence-electron chi connectivity index (χ1n) is 9.99. The number of anilines is 2. The number of carbonyl (C=O) groups is 1. The van der Waals surface area contributed by atoms with Gasteiger partial charge in [0, 0.05) is 41.1 Å². The molecule has 1 aliphatic heterocycles. The second kappa shape index (κ2) is 7.68. The summed E-state index contributed by atoms with van der Waals surface area (Å²) in [6.45, 7) is 9.62. The maximum Gasteiger partial charge on any atom is 0.162 e. The van der Waals surface area contributed by atoms with E-state index >= 15 is 0 Å². The number of fused-ring (bicyclic) bond motifs is 3. The van der Waals surface area contributed by atoms with E-state index < -0.39 is 0 Å². The highest BCUT2D eigenvalue weighted by Gasteiger charge is 2.30. The van der Waals surface area contributed by atoms with Crippen LogP contribution in [0.15, 0.2) is 24.3 Å². The minimum atomic E-state index is 0.314. The zero-order chi connectivity index (χ0) is 19.8. The van der Waals surface area contributed by atoms with Crippen LogP contribution >= 0.6 is 11.3 Å². The Bertz CT molecular complexity index is 1010. The number of likely N-dealkylation sites (N-methyl/N-ethyl adjacent to an activating group) is 1. The van der Waals surface area contributed by atoms with Crippen LogP contribution < -0.4 is 15.5 Å². The van der Waals surface area contributed by atoms with Crippen molar-refractivity contribution in [1.29, 1.82) is 0 Å². The zero-order valence-electron chi connectivity index (χ0n) is 17.0. The van der Waals surface area contributed by atoms with E-state index in [-0.39, 0.29) is 0 Å². The average molecular weight is 397 g/mol. The van der Waals surface area contributed by atoms with Gasteiger partial charge in [-0.3, -0.25) is 4.79 Å².